The number of aromatic nitrogens is 4. The van der Waals surface area contributed by atoms with Gasteiger partial charge in [0, 0.05) is 12.6 Å². The van der Waals surface area contributed by atoms with Crippen LogP contribution >= 0.6 is 0 Å². The summed E-state index contributed by atoms with van der Waals surface area (Å²) < 4.78 is 47.0. The Morgan fingerprint density at radius 1 is 1.18 bits per heavy atom. The highest BCUT2D eigenvalue weighted by Gasteiger charge is 2.48. The van der Waals surface area contributed by atoms with Crippen molar-refractivity contribution in [3.05, 3.63) is 65.0 Å². The van der Waals surface area contributed by atoms with Crippen LogP contribution in [0.4, 0.5) is 19.0 Å². The number of nitrogens with zero attached hydrogens (tertiary/aromatic N) is 4. The molecule has 4 aromatic rings. The number of rotatable bonds is 8. The molecule has 0 spiro atoms. The predicted molar refractivity (Wildman–Crippen MR) is 145 cm³/mol. The average Bonchev–Trinajstić information content (AvgIpc) is 3.38. The summed E-state index contributed by atoms with van der Waals surface area (Å²) in [5.74, 6) is -0.0860. The molecule has 0 aliphatic heterocycles. The number of nitrogens with one attached hydrogen (secondary N) is 1. The van der Waals surface area contributed by atoms with E-state index in [4.69, 9.17) is 9.72 Å². The van der Waals surface area contributed by atoms with Gasteiger partial charge in [0.2, 0.25) is 5.82 Å². The molecular weight excluding hydrogens is 523 g/mol. The summed E-state index contributed by atoms with van der Waals surface area (Å²) in [6.07, 6.45) is -3.44. The fourth-order valence-corrected chi connectivity index (χ4v) is 5.25. The van der Waals surface area contributed by atoms with E-state index in [1.54, 1.807) is 10.6 Å². The van der Waals surface area contributed by atoms with Crippen LogP contribution in [0.1, 0.15) is 54.5 Å². The number of aryl methyl sites for hydroxylation is 1. The van der Waals surface area contributed by atoms with E-state index in [1.165, 1.54) is 19.2 Å². The summed E-state index contributed by atoms with van der Waals surface area (Å²) in [6.45, 7) is 8.42. The highest BCUT2D eigenvalue weighted by Crippen LogP contribution is 2.54. The highest BCUT2D eigenvalue weighted by molar-refractivity contribution is 5.92. The normalized spacial score (nSPS) is 17.1. The van der Waals surface area contributed by atoms with Crippen molar-refractivity contribution in [2.75, 3.05) is 12.4 Å². The molecule has 210 valence electrons. The first-order valence-electron chi connectivity index (χ1n) is 12.9. The van der Waals surface area contributed by atoms with Gasteiger partial charge in [0.1, 0.15) is 17.1 Å². The van der Waals surface area contributed by atoms with Crippen LogP contribution in [0.15, 0.2) is 42.5 Å². The summed E-state index contributed by atoms with van der Waals surface area (Å²) in [4.78, 5) is 25.3. The maximum absolute atomic E-state index is 13.2. The summed E-state index contributed by atoms with van der Waals surface area (Å²) >= 11 is 0. The van der Waals surface area contributed by atoms with E-state index in [0.717, 1.165) is 24.1 Å². The van der Waals surface area contributed by atoms with Gasteiger partial charge in [-0.2, -0.15) is 13.2 Å². The van der Waals surface area contributed by atoms with E-state index in [0.29, 0.717) is 40.0 Å². The van der Waals surface area contributed by atoms with Gasteiger partial charge in [0.25, 0.3) is 0 Å². The molecule has 2 aromatic carbocycles. The van der Waals surface area contributed by atoms with Crippen LogP contribution in [0.2, 0.25) is 0 Å². The molecule has 2 N–H and O–H groups in total. The van der Waals surface area contributed by atoms with E-state index in [-0.39, 0.29) is 23.6 Å². The molecular formula is C29H30F3N5O3. The monoisotopic (exact) mass is 553 g/mol. The first-order chi connectivity index (χ1) is 18.8. The van der Waals surface area contributed by atoms with Gasteiger partial charge < -0.3 is 19.7 Å². The van der Waals surface area contributed by atoms with Crippen LogP contribution in [0.5, 0.6) is 5.75 Å². The van der Waals surface area contributed by atoms with Gasteiger partial charge in [-0.3, -0.25) is 0 Å². The summed E-state index contributed by atoms with van der Waals surface area (Å²) in [5, 5.41) is 13.1. The number of hydrogen-bond donors (Lipinski definition) is 2. The molecule has 8 nitrogen and oxygen atoms in total. The number of carboxylic acid groups (broad SMARTS) is 1. The van der Waals surface area contributed by atoms with Crippen LogP contribution in [-0.2, 0) is 12.7 Å². The highest BCUT2D eigenvalue weighted by atomic mass is 19.4. The van der Waals surface area contributed by atoms with Crippen LogP contribution in [0.3, 0.4) is 0 Å². The lowest BCUT2D eigenvalue weighted by Gasteiger charge is -2.19. The number of imidazole rings is 1. The number of benzene rings is 2. The fourth-order valence-electron chi connectivity index (χ4n) is 5.25. The van der Waals surface area contributed by atoms with Gasteiger partial charge in [0.05, 0.1) is 18.2 Å². The molecule has 0 bridgehead atoms. The molecule has 1 unspecified atom stereocenters. The van der Waals surface area contributed by atoms with Gasteiger partial charge in [-0.15, -0.1) is 0 Å². The third-order valence-electron chi connectivity index (χ3n) is 7.57. The van der Waals surface area contributed by atoms with Crippen molar-refractivity contribution in [1.82, 2.24) is 19.5 Å². The molecule has 11 heteroatoms. The molecule has 0 amide bonds. The van der Waals surface area contributed by atoms with Crippen molar-refractivity contribution < 1.29 is 27.8 Å². The molecule has 1 aliphatic carbocycles. The number of anilines is 1. The zero-order chi connectivity index (χ0) is 29.0. The molecule has 1 saturated carbocycles. The van der Waals surface area contributed by atoms with Gasteiger partial charge in [-0.05, 0) is 61.4 Å². The zero-order valence-corrected chi connectivity index (χ0v) is 22.8. The van der Waals surface area contributed by atoms with E-state index in [2.05, 4.69) is 29.1 Å². The average molecular weight is 554 g/mol. The molecule has 2 atom stereocenters. The molecule has 40 heavy (non-hydrogen) atoms. The van der Waals surface area contributed by atoms with Crippen molar-refractivity contribution in [2.45, 2.75) is 52.9 Å². The molecule has 0 saturated heterocycles. The second-order valence-electron chi connectivity index (χ2n) is 11.0. The van der Waals surface area contributed by atoms with Crippen molar-refractivity contribution in [3.63, 3.8) is 0 Å². The van der Waals surface area contributed by atoms with Crippen molar-refractivity contribution in [1.29, 1.82) is 0 Å². The van der Waals surface area contributed by atoms with Gasteiger partial charge in [0.15, 0.2) is 11.5 Å². The maximum atomic E-state index is 13.2. The van der Waals surface area contributed by atoms with E-state index < -0.39 is 23.5 Å². The Morgan fingerprint density at radius 2 is 1.85 bits per heavy atom. The number of hydrogen-bond acceptors (Lipinski definition) is 6. The minimum Gasteiger partial charge on any atom is -0.496 e. The maximum Gasteiger partial charge on any atom is 0.416 e. The van der Waals surface area contributed by atoms with Crippen molar-refractivity contribution in [3.8, 4) is 17.1 Å². The number of ether oxygens (including phenoxy) is 1. The van der Waals surface area contributed by atoms with Gasteiger partial charge in [-0.1, -0.05) is 37.6 Å². The lowest BCUT2D eigenvalue weighted by molar-refractivity contribution is -0.137. The van der Waals surface area contributed by atoms with Gasteiger partial charge >= 0.3 is 12.1 Å². The van der Waals surface area contributed by atoms with Crippen molar-refractivity contribution in [2.24, 2.45) is 11.3 Å². The number of carbonyl (C=O) groups is 1. The Morgan fingerprint density at radius 3 is 2.42 bits per heavy atom. The second-order valence-corrected chi connectivity index (χ2v) is 11.0. The standard InChI is InChI=1S/C29H30F3N5O3/c1-15-6-11-21(40-5)19(12-15)26-36-24-22(37(26)14-17-7-9-18(10-8-17)29(30,31)32)23(34-25(35-24)27(38)39)33-16(2)20-13-28(20,3)4/h6-12,16,20H,13-14H2,1-5H3,(H,38,39)(H,33,34,35)/t16-,20?/m1/s1. The first-order valence-corrected chi connectivity index (χ1v) is 12.9. The number of aromatic carboxylic acids is 1. The number of halogens is 3. The number of carboxylic acids is 1. The fraction of sp³-hybridized carbons (Fsp3) is 0.379. The Kier molecular flexibility index (Phi) is 6.71. The molecule has 1 fully saturated rings. The van der Waals surface area contributed by atoms with Crippen LogP contribution in [-0.4, -0.2) is 43.7 Å². The largest absolute Gasteiger partial charge is 0.496 e. The quantitative estimate of drug-likeness (QED) is 0.260. The number of methoxy groups -OCH3 is 1. The molecule has 0 radical (unpaired) electrons. The number of fused-ring (bicyclic) bond motifs is 1. The lowest BCUT2D eigenvalue weighted by atomic mass is 10.1. The molecule has 2 heterocycles. The van der Waals surface area contributed by atoms with Crippen LogP contribution in [0.25, 0.3) is 22.6 Å². The molecule has 2 aromatic heterocycles. The SMILES string of the molecule is COc1ccc(C)cc1-c1nc2nc(C(=O)O)nc(N[C@H](C)C3CC3(C)C)c2n1Cc1ccc(C(F)(F)F)cc1. The van der Waals surface area contributed by atoms with Crippen LogP contribution < -0.4 is 10.1 Å². The Labute approximate surface area is 229 Å². The smallest absolute Gasteiger partial charge is 0.416 e. The summed E-state index contributed by atoms with van der Waals surface area (Å²) in [6, 6.07) is 10.5. The Hall–Kier alpha value is -4.15. The minimum atomic E-state index is -4.45. The minimum absolute atomic E-state index is 0.0267. The second kappa shape index (κ2) is 9.79. The van der Waals surface area contributed by atoms with E-state index in [9.17, 15) is 23.1 Å². The topological polar surface area (TPSA) is 102 Å². The first kappa shape index (κ1) is 27.4. The Balaban J connectivity index is 1.72. The molecule has 1 aliphatic rings. The predicted octanol–water partition coefficient (Wildman–Crippen LogP) is 6.42. The van der Waals surface area contributed by atoms with Crippen molar-refractivity contribution >= 4 is 23.0 Å². The Bertz CT molecular complexity index is 1600. The summed E-state index contributed by atoms with van der Waals surface area (Å²) in [5.41, 5.74) is 2.16. The lowest BCUT2D eigenvalue weighted by Crippen LogP contribution is -2.22. The number of alkyl halides is 3. The van der Waals surface area contributed by atoms with Crippen LogP contribution in [0, 0.1) is 18.3 Å². The third kappa shape index (κ3) is 5.20. The van der Waals surface area contributed by atoms with E-state index >= 15 is 0 Å². The third-order valence-corrected chi connectivity index (χ3v) is 7.57. The summed E-state index contributed by atoms with van der Waals surface area (Å²) in [7, 11) is 1.53. The molecule has 5 rings (SSSR count). The zero-order valence-electron chi connectivity index (χ0n) is 22.8. The van der Waals surface area contributed by atoms with E-state index in [1.807, 2.05) is 26.0 Å². The van der Waals surface area contributed by atoms with Gasteiger partial charge in [-0.25, -0.2) is 19.7 Å².